The molecule has 0 aliphatic carbocycles. The second-order valence-corrected chi connectivity index (χ2v) is 5.71. The van der Waals surface area contributed by atoms with Crippen LogP contribution < -0.4 is 16.2 Å². The summed E-state index contributed by atoms with van der Waals surface area (Å²) in [5, 5.41) is 0. The maximum Gasteiger partial charge on any atom is 0.155 e. The lowest BCUT2D eigenvalue weighted by Gasteiger charge is -2.21. The van der Waals surface area contributed by atoms with Gasteiger partial charge in [0.05, 0.1) is 6.04 Å². The van der Waals surface area contributed by atoms with Crippen molar-refractivity contribution in [2.45, 2.75) is 33.2 Å². The lowest BCUT2D eigenvalue weighted by molar-refractivity contribution is -0.127. The molecule has 1 aromatic carbocycles. The molecule has 0 heterocycles. The first-order valence-corrected chi connectivity index (χ1v) is 6.56. The van der Waals surface area contributed by atoms with Crippen LogP contribution in [0.4, 0.5) is 0 Å². The quantitative estimate of drug-likeness (QED) is 0.816. The third-order valence-corrected chi connectivity index (χ3v) is 2.84. The topological polar surface area (TPSA) is 78.3 Å². The summed E-state index contributed by atoms with van der Waals surface area (Å²) in [6.45, 7) is 6.66. The first kappa shape index (κ1) is 15.7. The SMILES string of the molecule is CC(C)(C)C(=O)C(N)Cc1ccc(OCCN)cc1. The molecule has 1 rings (SSSR count). The van der Waals surface area contributed by atoms with E-state index in [1.807, 2.05) is 45.0 Å². The number of Topliss-reactive ketones (excluding diaryl/α,β-unsaturated/α-hetero) is 1. The minimum atomic E-state index is -0.462. The van der Waals surface area contributed by atoms with E-state index in [-0.39, 0.29) is 5.78 Å². The van der Waals surface area contributed by atoms with Crippen LogP contribution in [-0.2, 0) is 11.2 Å². The molecule has 4 N–H and O–H groups in total. The van der Waals surface area contributed by atoms with Crippen LogP contribution in [0.2, 0.25) is 0 Å². The van der Waals surface area contributed by atoms with Gasteiger partial charge in [0.15, 0.2) is 5.78 Å². The van der Waals surface area contributed by atoms with Crippen molar-refractivity contribution >= 4 is 5.78 Å². The zero-order valence-corrected chi connectivity index (χ0v) is 12.0. The average molecular weight is 264 g/mol. The number of benzene rings is 1. The fourth-order valence-corrected chi connectivity index (χ4v) is 1.80. The van der Waals surface area contributed by atoms with E-state index in [1.165, 1.54) is 0 Å². The molecule has 0 bridgehead atoms. The zero-order valence-electron chi connectivity index (χ0n) is 12.0. The molecule has 106 valence electrons. The van der Waals surface area contributed by atoms with Crippen molar-refractivity contribution in [2.24, 2.45) is 16.9 Å². The van der Waals surface area contributed by atoms with E-state index in [9.17, 15) is 4.79 Å². The third kappa shape index (κ3) is 5.01. The first-order valence-electron chi connectivity index (χ1n) is 6.56. The van der Waals surface area contributed by atoms with E-state index in [0.29, 0.717) is 19.6 Å². The van der Waals surface area contributed by atoms with E-state index in [4.69, 9.17) is 16.2 Å². The van der Waals surface area contributed by atoms with Gasteiger partial charge in [-0.15, -0.1) is 0 Å². The number of ether oxygens (including phenoxy) is 1. The van der Waals surface area contributed by atoms with Gasteiger partial charge in [-0.25, -0.2) is 0 Å². The largest absolute Gasteiger partial charge is 0.492 e. The van der Waals surface area contributed by atoms with Gasteiger partial charge in [0, 0.05) is 12.0 Å². The molecule has 1 aromatic rings. The molecule has 1 unspecified atom stereocenters. The molecule has 0 radical (unpaired) electrons. The Hall–Kier alpha value is -1.39. The Morgan fingerprint density at radius 1 is 1.26 bits per heavy atom. The number of hydrogen-bond acceptors (Lipinski definition) is 4. The number of carbonyl (C=O) groups excluding carboxylic acids is 1. The Kier molecular flexibility index (Phi) is 5.51. The molecule has 0 saturated carbocycles. The number of nitrogens with two attached hydrogens (primary N) is 2. The van der Waals surface area contributed by atoms with Gasteiger partial charge in [-0.2, -0.15) is 0 Å². The standard InChI is InChI=1S/C15H24N2O2/c1-15(2,3)14(18)13(17)10-11-4-6-12(7-5-11)19-9-8-16/h4-7,13H,8-10,16-17H2,1-3H3. The first-order chi connectivity index (χ1) is 8.84. The Labute approximate surface area is 115 Å². The summed E-state index contributed by atoms with van der Waals surface area (Å²) < 4.78 is 5.39. The second kappa shape index (κ2) is 6.68. The normalized spacial score (nSPS) is 13.1. The number of ketones is 1. The molecular weight excluding hydrogens is 240 g/mol. The summed E-state index contributed by atoms with van der Waals surface area (Å²) in [5.74, 6) is 0.862. The predicted octanol–water partition coefficient (Wildman–Crippen LogP) is 1.51. The Balaban J connectivity index is 2.60. The van der Waals surface area contributed by atoms with Crippen LogP contribution in [0, 0.1) is 5.41 Å². The van der Waals surface area contributed by atoms with E-state index >= 15 is 0 Å². The van der Waals surface area contributed by atoms with Crippen LogP contribution in [0.25, 0.3) is 0 Å². The molecular formula is C15H24N2O2. The Bertz CT molecular complexity index is 407. The van der Waals surface area contributed by atoms with Gasteiger partial charge in [0.1, 0.15) is 12.4 Å². The number of carbonyl (C=O) groups is 1. The fraction of sp³-hybridized carbons (Fsp3) is 0.533. The van der Waals surface area contributed by atoms with Crippen LogP contribution >= 0.6 is 0 Å². The van der Waals surface area contributed by atoms with Crippen LogP contribution in [0.1, 0.15) is 26.3 Å². The van der Waals surface area contributed by atoms with Gasteiger partial charge in [0.2, 0.25) is 0 Å². The Morgan fingerprint density at radius 2 is 1.84 bits per heavy atom. The molecule has 1 atom stereocenters. The van der Waals surface area contributed by atoms with Gasteiger partial charge < -0.3 is 16.2 Å². The molecule has 0 fully saturated rings. The van der Waals surface area contributed by atoms with Gasteiger partial charge in [-0.05, 0) is 24.1 Å². The lowest BCUT2D eigenvalue weighted by Crippen LogP contribution is -2.40. The molecule has 4 nitrogen and oxygen atoms in total. The molecule has 4 heteroatoms. The highest BCUT2D eigenvalue weighted by Gasteiger charge is 2.26. The maximum atomic E-state index is 12.0. The maximum absolute atomic E-state index is 12.0. The van der Waals surface area contributed by atoms with E-state index < -0.39 is 11.5 Å². The van der Waals surface area contributed by atoms with Crippen molar-refractivity contribution in [1.29, 1.82) is 0 Å². The monoisotopic (exact) mass is 264 g/mol. The van der Waals surface area contributed by atoms with Gasteiger partial charge in [0.25, 0.3) is 0 Å². The van der Waals surface area contributed by atoms with Gasteiger partial charge in [-0.3, -0.25) is 4.79 Å². The lowest BCUT2D eigenvalue weighted by atomic mass is 9.85. The highest BCUT2D eigenvalue weighted by atomic mass is 16.5. The van der Waals surface area contributed by atoms with Crippen LogP contribution in [0.5, 0.6) is 5.75 Å². The van der Waals surface area contributed by atoms with Crippen LogP contribution in [0.15, 0.2) is 24.3 Å². The molecule has 19 heavy (non-hydrogen) atoms. The molecule has 0 aliphatic heterocycles. The fourth-order valence-electron chi connectivity index (χ4n) is 1.80. The van der Waals surface area contributed by atoms with E-state index in [1.54, 1.807) is 0 Å². The summed E-state index contributed by atoms with van der Waals surface area (Å²) in [4.78, 5) is 12.0. The summed E-state index contributed by atoms with van der Waals surface area (Å²) in [6.07, 6.45) is 0.549. The number of rotatable bonds is 6. The smallest absolute Gasteiger partial charge is 0.155 e. The molecule has 0 saturated heterocycles. The minimum absolute atomic E-state index is 0.0796. The van der Waals surface area contributed by atoms with Crippen molar-refractivity contribution in [3.63, 3.8) is 0 Å². The van der Waals surface area contributed by atoms with Crippen LogP contribution in [-0.4, -0.2) is 25.0 Å². The van der Waals surface area contributed by atoms with Crippen LogP contribution in [0.3, 0.4) is 0 Å². The molecule has 0 spiro atoms. The average Bonchev–Trinajstić information content (AvgIpc) is 2.36. The molecule has 0 aromatic heterocycles. The van der Waals surface area contributed by atoms with Crippen molar-refractivity contribution in [1.82, 2.24) is 0 Å². The van der Waals surface area contributed by atoms with Crippen molar-refractivity contribution in [3.05, 3.63) is 29.8 Å². The summed E-state index contributed by atoms with van der Waals surface area (Å²) in [7, 11) is 0. The van der Waals surface area contributed by atoms with Gasteiger partial charge in [-0.1, -0.05) is 32.9 Å². The summed E-state index contributed by atoms with van der Waals surface area (Å²) in [6, 6.07) is 7.15. The van der Waals surface area contributed by atoms with Gasteiger partial charge >= 0.3 is 0 Å². The third-order valence-electron chi connectivity index (χ3n) is 2.84. The van der Waals surface area contributed by atoms with E-state index in [2.05, 4.69) is 0 Å². The molecule has 0 aliphatic rings. The second-order valence-electron chi connectivity index (χ2n) is 5.71. The highest BCUT2D eigenvalue weighted by molar-refractivity contribution is 5.88. The van der Waals surface area contributed by atoms with Crippen molar-refractivity contribution < 1.29 is 9.53 Å². The summed E-state index contributed by atoms with van der Waals surface area (Å²) >= 11 is 0. The highest BCUT2D eigenvalue weighted by Crippen LogP contribution is 2.19. The Morgan fingerprint density at radius 3 is 2.32 bits per heavy atom. The molecule has 0 amide bonds. The summed E-state index contributed by atoms with van der Waals surface area (Å²) in [5.41, 5.74) is 12.0. The van der Waals surface area contributed by atoms with Crippen molar-refractivity contribution in [2.75, 3.05) is 13.2 Å². The predicted molar refractivity (Wildman–Crippen MR) is 77.1 cm³/mol. The van der Waals surface area contributed by atoms with E-state index in [0.717, 1.165) is 11.3 Å². The van der Waals surface area contributed by atoms with Crippen molar-refractivity contribution in [3.8, 4) is 5.75 Å². The number of hydrogen-bond donors (Lipinski definition) is 2. The zero-order chi connectivity index (χ0) is 14.5. The minimum Gasteiger partial charge on any atom is -0.492 e.